The summed E-state index contributed by atoms with van der Waals surface area (Å²) in [5.74, 6) is -3.95. The molecule has 104 heavy (non-hydrogen) atoms. The first-order chi connectivity index (χ1) is 49.9. The minimum absolute atomic E-state index is 0.219. The van der Waals surface area contributed by atoms with E-state index < -0.39 is 55.7 Å². The average molecular weight is 1400 g/mol. The third kappa shape index (κ3) is 17.9. The van der Waals surface area contributed by atoms with Crippen LogP contribution in [0.2, 0.25) is 0 Å². The number of carbonyl (C=O) groups is 4. The zero-order chi connectivity index (χ0) is 74.0. The molecular formula is C88H106N8O8. The second kappa shape index (κ2) is 32.7. The number of hydrogen-bond donors (Lipinski definition) is 0. The van der Waals surface area contributed by atoms with E-state index in [1.54, 1.807) is 0 Å². The van der Waals surface area contributed by atoms with Crippen LogP contribution in [0.1, 0.15) is 188 Å². The predicted molar refractivity (Wildman–Crippen MR) is 403 cm³/mol. The molecule has 0 bridgehead atoms. The minimum Gasteiger partial charge on any atom is -0.470 e. The predicted octanol–water partition coefficient (Wildman–Crippen LogP) is 17.0. The van der Waals surface area contributed by atoms with Crippen LogP contribution in [0, 0.1) is 62.9 Å². The molecule has 0 atom stereocenters. The van der Waals surface area contributed by atoms with Crippen LogP contribution >= 0.6 is 0 Å². The van der Waals surface area contributed by atoms with Gasteiger partial charge in [-0.05, 0) is 211 Å². The van der Waals surface area contributed by atoms with Crippen molar-refractivity contribution in [3.63, 3.8) is 0 Å². The van der Waals surface area contributed by atoms with Crippen molar-refractivity contribution < 1.29 is 38.1 Å². The Morgan fingerprint density at radius 3 is 0.913 bits per heavy atom. The highest BCUT2D eigenvalue weighted by molar-refractivity contribution is 5.96. The van der Waals surface area contributed by atoms with Gasteiger partial charge in [0.2, 0.25) is 0 Å². The fraction of sp³-hybridized carbons (Fsp3) is 0.523. The monoisotopic (exact) mass is 1400 g/mol. The molecule has 0 aromatic heterocycles. The van der Waals surface area contributed by atoms with Crippen LogP contribution in [-0.2, 0) is 57.4 Å². The molecule has 16 nitrogen and oxygen atoms in total. The molecule has 8 aliphatic rings. The number of likely N-dealkylation sites (tertiary alicyclic amines) is 4. The Balaban J connectivity index is 1.06. The molecule has 4 heterocycles. The SMILES string of the molecule is [C-]#[N+]/C(C(=O)OCC(COC(=O)/C(C#N)=C1\CC(C)(C)CC(N2CCCC2)=C1Cc1ccccc1)(COC(=O)/C(C#N)=C1\CC(C)(C)CC(N2CCCC2)=C1Cc1ccccc1)COC(=O)/C([N+]#[C-])=C1/CC(C)(C)CC(N2CCCC2)=C1CC)=C1/CC(C)(C)CC(N2CCCC2)=C1Cc1ccccc1. The summed E-state index contributed by atoms with van der Waals surface area (Å²) < 4.78 is 26.2. The van der Waals surface area contributed by atoms with Crippen LogP contribution in [0.3, 0.4) is 0 Å². The molecule has 0 amide bonds. The summed E-state index contributed by atoms with van der Waals surface area (Å²) in [4.78, 5) is 80.0. The largest absolute Gasteiger partial charge is 0.470 e. The van der Waals surface area contributed by atoms with Gasteiger partial charge in [-0.1, -0.05) is 153 Å². The number of carbonyl (C=O) groups excluding carboxylic acids is 4. The smallest absolute Gasteiger partial charge is 0.349 e. The zero-order valence-corrected chi connectivity index (χ0v) is 63.1. The number of nitriles is 2. The highest BCUT2D eigenvalue weighted by atomic mass is 16.6. The summed E-state index contributed by atoms with van der Waals surface area (Å²) in [6, 6.07) is 34.6. The molecule has 0 saturated carbocycles. The van der Waals surface area contributed by atoms with Crippen LogP contribution in [0.15, 0.2) is 181 Å². The lowest BCUT2D eigenvalue weighted by atomic mass is 9.71. The summed E-state index contributed by atoms with van der Waals surface area (Å²) in [5.41, 5.74) is 8.76. The maximum absolute atomic E-state index is 15.7. The standard InChI is InChI=1S/C88H106N8O8/c1-12-64-70(49-86(6,7)51-74(64)93-36-22-23-37-93)78(91-10)82(99)103-59-88(57-101-80(97)72(55-89)68-47-84(2,3)52-75(94-38-24-25-39-94)65(68)44-61-30-16-13-17-31-61,58-102-81(98)73(56-90)69-48-85(4,5)53-76(95-40-26-27-41-95)66(69)45-62-32-18-14-19-33-62)60-104-83(100)79(92-11)71-50-87(8,9)54-77(96-42-28-29-43-96)67(71)46-63-34-20-15-21-35-63/h13-21,30-35H,12,22-29,36-54,57-60H2,1-9H3/b72-68+,73-69+,78-70+,79-71-. The molecule has 11 rings (SSSR count). The third-order valence-corrected chi connectivity index (χ3v) is 22.5. The number of allylic oxidation sites excluding steroid dienone is 12. The molecule has 16 heteroatoms. The fourth-order valence-corrected chi connectivity index (χ4v) is 17.4. The minimum atomic E-state index is -2.03. The molecule has 4 fully saturated rings. The first kappa shape index (κ1) is 75.8. The third-order valence-electron chi connectivity index (χ3n) is 22.5. The molecule has 0 radical (unpaired) electrons. The fourth-order valence-electron chi connectivity index (χ4n) is 17.4. The Morgan fingerprint density at radius 2 is 0.644 bits per heavy atom. The molecule has 0 unspecified atom stereocenters. The molecule has 3 aromatic carbocycles. The molecule has 546 valence electrons. The maximum Gasteiger partial charge on any atom is 0.349 e. The van der Waals surface area contributed by atoms with Gasteiger partial charge in [-0.25, -0.2) is 19.3 Å². The van der Waals surface area contributed by atoms with Gasteiger partial charge in [0.05, 0.1) is 13.1 Å². The van der Waals surface area contributed by atoms with E-state index in [0.29, 0.717) is 73.7 Å². The quantitative estimate of drug-likeness (QED) is 0.0288. The van der Waals surface area contributed by atoms with Crippen molar-refractivity contribution in [1.29, 1.82) is 10.5 Å². The van der Waals surface area contributed by atoms with Crippen LogP contribution in [0.4, 0.5) is 0 Å². The van der Waals surface area contributed by atoms with E-state index in [1.165, 1.54) is 0 Å². The topological polar surface area (TPSA) is 174 Å². The lowest BCUT2D eigenvalue weighted by Gasteiger charge is -2.40. The van der Waals surface area contributed by atoms with E-state index >= 15 is 19.2 Å². The van der Waals surface area contributed by atoms with E-state index in [0.717, 1.165) is 191 Å². The summed E-state index contributed by atoms with van der Waals surface area (Å²) in [6.45, 7) is 40.6. The van der Waals surface area contributed by atoms with Gasteiger partial charge in [-0.15, -0.1) is 0 Å². The van der Waals surface area contributed by atoms with Crippen LogP contribution in [0.5, 0.6) is 0 Å². The second-order valence-corrected chi connectivity index (χ2v) is 33.5. The van der Waals surface area contributed by atoms with Crippen LogP contribution in [0.25, 0.3) is 9.69 Å². The summed E-state index contributed by atoms with van der Waals surface area (Å²) in [7, 11) is 0. The summed E-state index contributed by atoms with van der Waals surface area (Å²) in [5, 5.41) is 23.0. The number of ether oxygens (including phenoxy) is 4. The highest BCUT2D eigenvalue weighted by Crippen LogP contribution is 2.51. The Morgan fingerprint density at radius 1 is 0.394 bits per heavy atom. The number of esters is 4. The van der Waals surface area contributed by atoms with Crippen molar-refractivity contribution in [2.45, 2.75) is 191 Å². The van der Waals surface area contributed by atoms with Gasteiger partial charge < -0.3 is 38.5 Å². The van der Waals surface area contributed by atoms with Gasteiger partial charge in [-0.3, -0.25) is 9.59 Å². The van der Waals surface area contributed by atoms with E-state index in [4.69, 9.17) is 32.1 Å². The van der Waals surface area contributed by atoms with E-state index in [9.17, 15) is 10.5 Å². The number of benzene rings is 3. The molecule has 4 aliphatic carbocycles. The van der Waals surface area contributed by atoms with E-state index in [2.05, 4.69) is 96.8 Å². The zero-order valence-electron chi connectivity index (χ0n) is 63.1. The van der Waals surface area contributed by atoms with Gasteiger partial charge in [0.25, 0.3) is 11.4 Å². The van der Waals surface area contributed by atoms with Crippen LogP contribution in [-0.4, -0.2) is 122 Å². The van der Waals surface area contributed by atoms with Gasteiger partial charge in [-0.2, -0.15) is 10.5 Å². The van der Waals surface area contributed by atoms with Gasteiger partial charge in [0, 0.05) is 75.1 Å². The van der Waals surface area contributed by atoms with Gasteiger partial charge in [0.15, 0.2) is 0 Å². The lowest BCUT2D eigenvalue weighted by Crippen LogP contribution is -2.44. The molecule has 0 spiro atoms. The van der Waals surface area contributed by atoms with Crippen molar-refractivity contribution in [2.75, 3.05) is 78.8 Å². The number of nitrogens with zero attached hydrogens (tertiary/aromatic N) is 8. The maximum atomic E-state index is 15.7. The Bertz CT molecular complexity index is 3860. The van der Waals surface area contributed by atoms with Crippen molar-refractivity contribution in [1.82, 2.24) is 19.6 Å². The average Bonchev–Trinajstić information content (AvgIpc) is 1.18. The summed E-state index contributed by atoms with van der Waals surface area (Å²) >= 11 is 0. The first-order valence-electron chi connectivity index (χ1n) is 38.0. The van der Waals surface area contributed by atoms with Crippen molar-refractivity contribution in [3.05, 3.63) is 220 Å². The van der Waals surface area contributed by atoms with E-state index in [1.807, 2.05) is 97.9 Å². The van der Waals surface area contributed by atoms with E-state index in [-0.39, 0.29) is 44.2 Å². The van der Waals surface area contributed by atoms with Gasteiger partial charge >= 0.3 is 23.9 Å². The van der Waals surface area contributed by atoms with Crippen LogP contribution < -0.4 is 0 Å². The van der Waals surface area contributed by atoms with Crippen molar-refractivity contribution in [3.8, 4) is 12.1 Å². The normalized spacial score (nSPS) is 22.1. The molecule has 4 aliphatic heterocycles. The second-order valence-electron chi connectivity index (χ2n) is 33.5. The van der Waals surface area contributed by atoms with Crippen molar-refractivity contribution >= 4 is 23.9 Å². The summed E-state index contributed by atoms with van der Waals surface area (Å²) in [6.07, 6.45) is 14.5. The lowest BCUT2D eigenvalue weighted by molar-refractivity contribution is -0.165. The molecular weight excluding hydrogens is 1300 g/mol. The number of hydrogen-bond acceptors (Lipinski definition) is 14. The molecule has 4 saturated heterocycles. The molecule has 3 aromatic rings. The Labute approximate surface area is 618 Å². The van der Waals surface area contributed by atoms with Gasteiger partial charge in [0.1, 0.15) is 55.1 Å². The molecule has 0 N–H and O–H groups in total. The van der Waals surface area contributed by atoms with Crippen molar-refractivity contribution in [2.24, 2.45) is 27.1 Å². The Kier molecular flexibility index (Phi) is 23.9. The highest BCUT2D eigenvalue weighted by Gasteiger charge is 2.45. The Hall–Kier alpha value is -9.38. The first-order valence-corrected chi connectivity index (χ1v) is 38.0. The number of rotatable bonds is 23.